The van der Waals surface area contributed by atoms with Crippen LogP contribution in [0.4, 0.5) is 0 Å². The minimum atomic E-state index is -1.80. The number of benzene rings is 1. The second kappa shape index (κ2) is 6.51. The maximum absolute atomic E-state index is 13.3. The van der Waals surface area contributed by atoms with Gasteiger partial charge in [-0.05, 0) is 36.5 Å². The van der Waals surface area contributed by atoms with E-state index in [1.807, 2.05) is 0 Å². The summed E-state index contributed by atoms with van der Waals surface area (Å²) in [5.41, 5.74) is 4.49. The summed E-state index contributed by atoms with van der Waals surface area (Å²) in [4.78, 5) is 30.7. The van der Waals surface area contributed by atoms with Crippen LogP contribution in [0.5, 0.6) is 0 Å². The molecule has 2 aliphatic heterocycles. The molecule has 154 valence electrons. The van der Waals surface area contributed by atoms with Crippen molar-refractivity contribution in [3.63, 3.8) is 0 Å². The van der Waals surface area contributed by atoms with Gasteiger partial charge in [-0.2, -0.15) is 0 Å². The van der Waals surface area contributed by atoms with Crippen LogP contribution in [0.1, 0.15) is 55.0 Å². The number of esters is 1. The highest BCUT2D eigenvalue weighted by atomic mass is 16.6. The lowest BCUT2D eigenvalue weighted by Gasteiger charge is -2.31. The number of carbonyl (C=O) groups excluding carboxylic acids is 1. The number of hydrogen-bond acceptors (Lipinski definition) is 5. The van der Waals surface area contributed by atoms with E-state index in [-0.39, 0.29) is 18.6 Å². The van der Waals surface area contributed by atoms with Gasteiger partial charge < -0.3 is 14.4 Å². The molecular formula is C24H24N2O4. The van der Waals surface area contributed by atoms with Crippen LogP contribution in [0.3, 0.4) is 0 Å². The molecule has 0 saturated heterocycles. The van der Waals surface area contributed by atoms with Gasteiger partial charge in [-0.1, -0.05) is 39.0 Å². The molecule has 0 saturated carbocycles. The Hall–Kier alpha value is -2.99. The first kappa shape index (κ1) is 19.0. The maximum atomic E-state index is 13.3. The van der Waals surface area contributed by atoms with Crippen LogP contribution in [-0.2, 0) is 41.1 Å². The van der Waals surface area contributed by atoms with E-state index >= 15 is 0 Å². The molecular weight excluding hydrogens is 380 g/mol. The molecule has 0 spiro atoms. The molecule has 2 aromatic heterocycles. The predicted octanol–water partition coefficient (Wildman–Crippen LogP) is 3.20. The fraction of sp³-hybridized carbons (Fsp3) is 0.375. The van der Waals surface area contributed by atoms with Crippen molar-refractivity contribution < 1.29 is 14.6 Å². The highest BCUT2D eigenvalue weighted by molar-refractivity contribution is 5.90. The number of para-hydroxylation sites is 1. The fourth-order valence-corrected chi connectivity index (χ4v) is 4.93. The standard InChI is InChI=1S/C24H24N2O4/c1-4-13-8-7-9-15-14(5-2)16-11-26-19(21(16)25-20(13)15)10-18-17(22(26)27)12-30-23(28)24(18,29)6-3/h7-10,29H,4-6,11-12H2,1-3H3/t24-/m0/s1. The first-order chi connectivity index (χ1) is 14.4. The largest absolute Gasteiger partial charge is 0.458 e. The minimum absolute atomic E-state index is 0.109. The van der Waals surface area contributed by atoms with Gasteiger partial charge in [0.25, 0.3) is 5.56 Å². The van der Waals surface area contributed by atoms with Crippen molar-refractivity contribution >= 4 is 16.9 Å². The summed E-state index contributed by atoms with van der Waals surface area (Å²) in [6, 6.07) is 8.02. The summed E-state index contributed by atoms with van der Waals surface area (Å²) in [5.74, 6) is -0.700. The van der Waals surface area contributed by atoms with Crippen LogP contribution in [0, 0.1) is 0 Å². The Labute approximate surface area is 174 Å². The zero-order valence-electron chi connectivity index (χ0n) is 17.4. The van der Waals surface area contributed by atoms with Crippen LogP contribution in [-0.4, -0.2) is 20.6 Å². The van der Waals surface area contributed by atoms with Crippen molar-refractivity contribution in [1.29, 1.82) is 0 Å². The predicted molar refractivity (Wildman–Crippen MR) is 113 cm³/mol. The molecule has 0 bridgehead atoms. The van der Waals surface area contributed by atoms with E-state index in [1.54, 1.807) is 17.6 Å². The van der Waals surface area contributed by atoms with Gasteiger partial charge in [0, 0.05) is 16.5 Å². The summed E-state index contributed by atoms with van der Waals surface area (Å²) in [7, 11) is 0. The highest BCUT2D eigenvalue weighted by Gasteiger charge is 2.45. The van der Waals surface area contributed by atoms with E-state index in [4.69, 9.17) is 9.72 Å². The zero-order chi connectivity index (χ0) is 21.2. The number of rotatable bonds is 3. The van der Waals surface area contributed by atoms with Crippen molar-refractivity contribution in [1.82, 2.24) is 9.55 Å². The highest BCUT2D eigenvalue weighted by Crippen LogP contribution is 2.40. The second-order valence-corrected chi connectivity index (χ2v) is 8.04. The van der Waals surface area contributed by atoms with Crippen molar-refractivity contribution in [3.05, 3.63) is 62.4 Å². The summed E-state index contributed by atoms with van der Waals surface area (Å²) in [6.45, 7) is 6.27. The van der Waals surface area contributed by atoms with Crippen LogP contribution >= 0.6 is 0 Å². The van der Waals surface area contributed by atoms with Gasteiger partial charge in [-0.3, -0.25) is 4.79 Å². The molecule has 1 atom stereocenters. The van der Waals surface area contributed by atoms with Gasteiger partial charge in [-0.15, -0.1) is 0 Å². The van der Waals surface area contributed by atoms with Crippen LogP contribution in [0.2, 0.25) is 0 Å². The van der Waals surface area contributed by atoms with Crippen molar-refractivity contribution in [2.75, 3.05) is 0 Å². The number of carbonyl (C=O) groups is 1. The Morgan fingerprint density at radius 1 is 1.17 bits per heavy atom. The number of pyridine rings is 2. The normalized spacial score (nSPS) is 19.4. The molecule has 4 heterocycles. The van der Waals surface area contributed by atoms with Gasteiger partial charge in [0.05, 0.1) is 29.0 Å². The van der Waals surface area contributed by atoms with E-state index in [0.29, 0.717) is 23.4 Å². The van der Waals surface area contributed by atoms with E-state index in [1.165, 1.54) is 5.56 Å². The molecule has 0 unspecified atom stereocenters. The van der Waals surface area contributed by atoms with Gasteiger partial charge >= 0.3 is 5.97 Å². The first-order valence-corrected chi connectivity index (χ1v) is 10.5. The molecule has 5 rings (SSSR count). The SMILES string of the molecule is CCc1c2c(nc3c(CC)cccc13)-c1cc3c(c(=O)n1C2)COC(=O)[C@]3(O)CC. The average molecular weight is 404 g/mol. The van der Waals surface area contributed by atoms with E-state index < -0.39 is 11.6 Å². The van der Waals surface area contributed by atoms with Gasteiger partial charge in [0.2, 0.25) is 0 Å². The molecule has 3 aromatic rings. The summed E-state index contributed by atoms with van der Waals surface area (Å²) in [5, 5.41) is 12.1. The second-order valence-electron chi connectivity index (χ2n) is 8.04. The van der Waals surface area contributed by atoms with Crippen molar-refractivity contribution in [2.45, 2.75) is 58.8 Å². The Morgan fingerprint density at radius 2 is 1.97 bits per heavy atom. The lowest BCUT2D eigenvalue weighted by Crippen LogP contribution is -2.44. The van der Waals surface area contributed by atoms with Crippen LogP contribution in [0.15, 0.2) is 29.1 Å². The number of ether oxygens (including phenoxy) is 1. The van der Waals surface area contributed by atoms with Gasteiger partial charge in [0.15, 0.2) is 5.60 Å². The van der Waals surface area contributed by atoms with Crippen molar-refractivity contribution in [2.24, 2.45) is 0 Å². The quantitative estimate of drug-likeness (QED) is 0.531. The number of aryl methyl sites for hydroxylation is 2. The molecule has 6 heteroatoms. The molecule has 6 nitrogen and oxygen atoms in total. The summed E-state index contributed by atoms with van der Waals surface area (Å²) >= 11 is 0. The average Bonchev–Trinajstić information content (AvgIpc) is 3.13. The van der Waals surface area contributed by atoms with E-state index in [2.05, 4.69) is 32.0 Å². The molecule has 0 aliphatic carbocycles. The number of nitrogens with zero attached hydrogens (tertiary/aromatic N) is 2. The Balaban J connectivity index is 1.85. The third kappa shape index (κ3) is 2.31. The van der Waals surface area contributed by atoms with Gasteiger partial charge in [-0.25, -0.2) is 9.78 Å². The van der Waals surface area contributed by atoms with Crippen LogP contribution in [0.25, 0.3) is 22.3 Å². The summed E-state index contributed by atoms with van der Waals surface area (Å²) in [6.07, 6.45) is 1.84. The minimum Gasteiger partial charge on any atom is -0.458 e. The topological polar surface area (TPSA) is 81.4 Å². The molecule has 30 heavy (non-hydrogen) atoms. The number of fused-ring (bicyclic) bond motifs is 5. The Kier molecular flexibility index (Phi) is 4.12. The third-order valence-electron chi connectivity index (χ3n) is 6.65. The number of aromatic nitrogens is 2. The summed E-state index contributed by atoms with van der Waals surface area (Å²) < 4.78 is 6.85. The maximum Gasteiger partial charge on any atom is 0.343 e. The number of hydrogen-bond donors (Lipinski definition) is 1. The fourth-order valence-electron chi connectivity index (χ4n) is 4.93. The van der Waals surface area contributed by atoms with E-state index in [9.17, 15) is 14.7 Å². The smallest absolute Gasteiger partial charge is 0.343 e. The Morgan fingerprint density at radius 3 is 2.67 bits per heavy atom. The molecule has 1 N–H and O–H groups in total. The number of cyclic esters (lactones) is 1. The lowest BCUT2D eigenvalue weighted by atomic mass is 9.86. The Bertz CT molecular complexity index is 1290. The zero-order valence-corrected chi connectivity index (χ0v) is 17.4. The van der Waals surface area contributed by atoms with Gasteiger partial charge in [0.1, 0.15) is 6.61 Å². The van der Waals surface area contributed by atoms with Crippen LogP contribution < -0.4 is 5.56 Å². The van der Waals surface area contributed by atoms with E-state index in [0.717, 1.165) is 40.6 Å². The molecule has 2 aliphatic rings. The molecule has 0 fully saturated rings. The molecule has 1 aromatic carbocycles. The third-order valence-corrected chi connectivity index (χ3v) is 6.65. The first-order valence-electron chi connectivity index (χ1n) is 10.5. The monoisotopic (exact) mass is 404 g/mol. The molecule has 0 amide bonds. The lowest BCUT2D eigenvalue weighted by molar-refractivity contribution is -0.172. The molecule has 0 radical (unpaired) electrons. The number of aliphatic hydroxyl groups is 1. The van der Waals surface area contributed by atoms with Crippen molar-refractivity contribution in [3.8, 4) is 11.4 Å².